The van der Waals surface area contributed by atoms with Gasteiger partial charge in [0.25, 0.3) is 0 Å². The highest BCUT2D eigenvalue weighted by Crippen LogP contribution is 2.52. The zero-order valence-electron chi connectivity index (χ0n) is 93.4. The minimum Gasteiger partial charge on any atom is -0.455 e. The molecule has 28 aromatic rings. The van der Waals surface area contributed by atoms with Gasteiger partial charge in [-0.05, 0) is 222 Å². The molecule has 3 aromatic heterocycles. The fourth-order valence-electron chi connectivity index (χ4n) is 19.7. The van der Waals surface area contributed by atoms with Crippen molar-refractivity contribution < 1.29 is 46.1 Å². The van der Waals surface area contributed by atoms with Crippen LogP contribution in [0, 0.1) is 0 Å². The van der Waals surface area contributed by atoms with Gasteiger partial charge >= 0.3 is 0 Å². The van der Waals surface area contributed by atoms with E-state index in [9.17, 15) is 11.0 Å². The Morgan fingerprint density at radius 3 is 0.763 bits per heavy atom. The SMILES string of the molecule is [2H]c1c([2H])c([2H])c2c(-c3ccc(-c4cccc5c4oc4cc6ccccc6cc45)cc3)c3c([2H])c([2H])c([2H])c([2H])c3c(-c3ccccc3)c2c1[2H].[2H]c1c([2H])c([2H])c2c(-c3cccc4c3oc3cc5ccccc5cc34)c3c([2H])c([2H])c([2H])c([2H])c3c(-c3ccc(-c4cccc5ccccc45)cc3)c2c1[2H].[2H]c1c([2H])c([2H])c2c(-c3cccc4c3oc3cc5ccccc5cc34)c3c([2H])c([2H])c([2H])c([2H])c3c(-c3ccc4ccccc4c3)c2c1[2H]. The Labute approximate surface area is 788 Å². The van der Waals surface area contributed by atoms with Gasteiger partial charge in [0.1, 0.15) is 33.5 Å². The summed E-state index contributed by atoms with van der Waals surface area (Å²) in [5, 5.41) is 17.6. The van der Waals surface area contributed by atoms with Crippen molar-refractivity contribution in [2.45, 2.75) is 0 Å². The lowest BCUT2D eigenvalue weighted by Crippen LogP contribution is -1.91. The van der Waals surface area contributed by atoms with Gasteiger partial charge < -0.3 is 13.3 Å². The van der Waals surface area contributed by atoms with Crippen LogP contribution in [0.15, 0.2) is 486 Å². The molecule has 0 spiro atoms. The van der Waals surface area contributed by atoms with E-state index in [1.54, 1.807) is 36.4 Å². The molecular formula is C128H78O3. The molecule has 0 aliphatic rings. The van der Waals surface area contributed by atoms with Crippen molar-refractivity contribution in [1.82, 2.24) is 0 Å². The molecule has 0 radical (unpaired) electrons. The largest absolute Gasteiger partial charge is 0.455 e. The van der Waals surface area contributed by atoms with Crippen molar-refractivity contribution >= 4 is 184 Å². The van der Waals surface area contributed by atoms with Gasteiger partial charge in [0, 0.05) is 60.1 Å². The maximum absolute atomic E-state index is 9.39. The highest BCUT2D eigenvalue weighted by Gasteiger charge is 2.26. The Bertz CT molecular complexity index is 10900. The lowest BCUT2D eigenvalue weighted by atomic mass is 9.85. The Balaban J connectivity index is 0.000000116. The summed E-state index contributed by atoms with van der Waals surface area (Å²) in [6.07, 6.45) is 0. The Morgan fingerprint density at radius 1 is 0.137 bits per heavy atom. The number of para-hydroxylation sites is 3. The number of hydrogen-bond donors (Lipinski definition) is 0. The van der Waals surface area contributed by atoms with Crippen molar-refractivity contribution in [2.75, 3.05) is 0 Å². The molecule has 3 heterocycles. The second kappa shape index (κ2) is 30.8. The molecule has 0 bridgehead atoms. The number of benzene rings is 25. The maximum Gasteiger partial charge on any atom is 0.143 e. The summed E-state index contributed by atoms with van der Waals surface area (Å²) in [6.45, 7) is 0. The van der Waals surface area contributed by atoms with Crippen molar-refractivity contribution in [2.24, 2.45) is 0 Å². The lowest BCUT2D eigenvalue weighted by Gasteiger charge is -2.18. The van der Waals surface area contributed by atoms with E-state index in [0.717, 1.165) is 120 Å². The summed E-state index contributed by atoms with van der Waals surface area (Å²) >= 11 is 0. The van der Waals surface area contributed by atoms with Gasteiger partial charge in [-0.2, -0.15) is 0 Å². The van der Waals surface area contributed by atoms with Gasteiger partial charge in [-0.15, -0.1) is 0 Å². The fraction of sp³-hybridized carbons (Fsp3) is 0. The monoisotopic (exact) mass is 1690 g/mol. The minimum absolute atomic E-state index is 0.148. The molecule has 3 nitrogen and oxygen atoms in total. The molecule has 0 saturated heterocycles. The van der Waals surface area contributed by atoms with Gasteiger partial charge in [-0.3, -0.25) is 0 Å². The van der Waals surface area contributed by atoms with E-state index in [1.165, 1.54) is 0 Å². The number of fused-ring (bicyclic) bond motifs is 20. The zero-order chi connectivity index (χ0) is 107. The first kappa shape index (κ1) is 54.6. The second-order valence-electron chi connectivity index (χ2n) is 32.8. The first-order valence-corrected chi connectivity index (χ1v) is 43.1. The Morgan fingerprint density at radius 2 is 0.382 bits per heavy atom. The molecule has 0 aliphatic heterocycles. The predicted octanol–water partition coefficient (Wildman–Crippen LogP) is 36.8. The van der Waals surface area contributed by atoms with Crippen molar-refractivity contribution in [3.8, 4) is 89.0 Å². The van der Waals surface area contributed by atoms with Crippen LogP contribution >= 0.6 is 0 Å². The highest BCUT2D eigenvalue weighted by atomic mass is 16.3. The Hall–Kier alpha value is -17.2. The van der Waals surface area contributed by atoms with Gasteiger partial charge in [0.15, 0.2) is 0 Å². The van der Waals surface area contributed by atoms with Crippen LogP contribution in [0.25, 0.3) is 273 Å². The topological polar surface area (TPSA) is 39.4 Å². The summed E-state index contributed by atoms with van der Waals surface area (Å²) in [5.41, 5.74) is 12.3. The molecule has 28 rings (SSSR count). The molecule has 0 atom stereocenters. The third kappa shape index (κ3) is 12.5. The molecule has 0 N–H and O–H groups in total. The molecule has 0 aliphatic carbocycles. The summed E-state index contributed by atoms with van der Waals surface area (Å²) < 4.78 is 236. The van der Waals surface area contributed by atoms with Gasteiger partial charge in [-0.1, -0.05) is 430 Å². The average Bonchev–Trinajstić information content (AvgIpc) is 1.68. The van der Waals surface area contributed by atoms with Crippen molar-refractivity contribution in [1.29, 1.82) is 0 Å². The molecule has 0 saturated carbocycles. The smallest absolute Gasteiger partial charge is 0.143 e. The number of rotatable bonds is 8. The van der Waals surface area contributed by atoms with E-state index in [1.807, 2.05) is 237 Å². The normalized spacial score (nSPS) is 14.4. The summed E-state index contributed by atoms with van der Waals surface area (Å²) in [5.74, 6) is 0. The van der Waals surface area contributed by atoms with Gasteiger partial charge in [0.2, 0.25) is 0 Å². The highest BCUT2D eigenvalue weighted by molar-refractivity contribution is 6.28. The standard InChI is InChI=1S/C46H28O.C42H26O.C40H24O/c1-2-13-33-28-43-42(27-32(33)12-1)40-21-10-22-41(46(40)47-43)45-38-18-7-5-16-36(38)44(37-17-6-8-19-39(37)45)31-25-23-30(24-26-31)35-20-9-14-29-11-3-4-15-34(29)35;1-2-11-28(12-3-1)40-33-15-6-8-17-35(33)41(36-18-9-7-16-34(36)40)29-23-21-27(22-24-29)32-19-10-20-37-38-25-30-13-4-5-14-31(30)26-39(38)43-42(32)37;1-2-11-26-22-29(21-20-25(26)10-1)38-30-14-5-7-16-32(30)39(33-17-8-6-15-31(33)38)35-19-9-18-34-36-23-27-12-3-4-13-28(27)24-37(36)41-40(34)35/h1-28H;1-26H;1-24H/i5D,6D,7D,8D,16D,17D,18D,19D;6D,7D,8D,9D,15D,16D,17D,18D;5D,6D,7D,8D,14D,15D,16D,17D. The van der Waals surface area contributed by atoms with Crippen LogP contribution < -0.4 is 0 Å². The third-order valence-corrected chi connectivity index (χ3v) is 25.6. The summed E-state index contributed by atoms with van der Waals surface area (Å²) in [7, 11) is 0. The third-order valence-electron chi connectivity index (χ3n) is 25.6. The molecule has 0 amide bonds. The average molecular weight is 1690 g/mol. The lowest BCUT2D eigenvalue weighted by molar-refractivity contribution is 0.670. The maximum atomic E-state index is 9.39. The summed E-state index contributed by atoms with van der Waals surface area (Å²) in [4.78, 5) is 0. The van der Waals surface area contributed by atoms with Gasteiger partial charge in [0.05, 0.1) is 32.9 Å². The molecule has 0 fully saturated rings. The number of furan rings is 3. The van der Waals surface area contributed by atoms with Crippen LogP contribution in [0.5, 0.6) is 0 Å². The van der Waals surface area contributed by atoms with Crippen molar-refractivity contribution in [3.63, 3.8) is 0 Å². The van der Waals surface area contributed by atoms with E-state index in [0.29, 0.717) is 78.0 Å². The van der Waals surface area contributed by atoms with Crippen LogP contribution in [-0.4, -0.2) is 0 Å². The van der Waals surface area contributed by atoms with E-state index >= 15 is 0 Å². The quantitative estimate of drug-likeness (QED) is 0.142. The molecule has 3 heteroatoms. The molecular weight excluding hydrogens is 1590 g/mol. The zero-order valence-corrected chi connectivity index (χ0v) is 69.4. The Kier molecular flexibility index (Phi) is 12.8. The van der Waals surface area contributed by atoms with E-state index in [-0.39, 0.29) is 148 Å². The predicted molar refractivity (Wildman–Crippen MR) is 557 cm³/mol. The molecule has 0 unspecified atom stereocenters. The van der Waals surface area contributed by atoms with Crippen LogP contribution in [-0.2, 0) is 0 Å². The fourth-order valence-corrected chi connectivity index (χ4v) is 19.7. The van der Waals surface area contributed by atoms with E-state index in [2.05, 4.69) is 54.6 Å². The second-order valence-corrected chi connectivity index (χ2v) is 32.8. The molecule has 131 heavy (non-hydrogen) atoms. The first-order chi connectivity index (χ1) is 74.9. The van der Waals surface area contributed by atoms with Crippen LogP contribution in [0.1, 0.15) is 32.9 Å². The first-order valence-electron chi connectivity index (χ1n) is 55.1. The van der Waals surface area contributed by atoms with Crippen LogP contribution in [0.3, 0.4) is 0 Å². The van der Waals surface area contributed by atoms with Crippen LogP contribution in [0.4, 0.5) is 0 Å². The van der Waals surface area contributed by atoms with E-state index in [4.69, 9.17) is 35.2 Å². The number of hydrogen-bond acceptors (Lipinski definition) is 3. The van der Waals surface area contributed by atoms with Crippen LogP contribution in [0.2, 0.25) is 0 Å². The van der Waals surface area contributed by atoms with Crippen molar-refractivity contribution in [3.05, 3.63) is 473 Å². The summed E-state index contributed by atoms with van der Waals surface area (Å²) in [6, 6.07) is 96.4. The van der Waals surface area contributed by atoms with Gasteiger partial charge in [-0.25, -0.2) is 0 Å². The molecule has 608 valence electrons. The minimum atomic E-state index is -0.445. The van der Waals surface area contributed by atoms with E-state index < -0.39 is 72.5 Å². The molecule has 25 aromatic carbocycles.